The second-order valence-electron chi connectivity index (χ2n) is 5.13. The lowest BCUT2D eigenvalue weighted by atomic mass is 10.0. The largest absolute Gasteiger partial charge is 0.374 e. The number of rotatable bonds is 2. The van der Waals surface area contributed by atoms with E-state index in [2.05, 4.69) is 35.5 Å². The Morgan fingerprint density at radius 3 is 3.19 bits per heavy atom. The average molecular weight is 216 g/mol. The third kappa shape index (κ3) is 1.82. The summed E-state index contributed by atoms with van der Waals surface area (Å²) in [5, 5.41) is 3.57. The van der Waals surface area contributed by atoms with Crippen LogP contribution in [-0.2, 0) is 12.8 Å². The molecule has 3 rings (SSSR count). The fourth-order valence-corrected chi connectivity index (χ4v) is 2.96. The number of benzene rings is 1. The van der Waals surface area contributed by atoms with Crippen molar-refractivity contribution in [3.8, 4) is 0 Å². The molecular weight excluding hydrogens is 196 g/mol. The van der Waals surface area contributed by atoms with Crippen molar-refractivity contribution in [3.63, 3.8) is 0 Å². The molecule has 0 bridgehead atoms. The highest BCUT2D eigenvalue weighted by Crippen LogP contribution is 2.28. The highest BCUT2D eigenvalue weighted by molar-refractivity contribution is 5.58. The van der Waals surface area contributed by atoms with Crippen molar-refractivity contribution in [3.05, 3.63) is 29.3 Å². The summed E-state index contributed by atoms with van der Waals surface area (Å²) in [7, 11) is 2.18. The van der Waals surface area contributed by atoms with Gasteiger partial charge in [0, 0.05) is 25.3 Å². The standard InChI is InChI=1S/C14H20N2/c1-16-8-6-12-9-11(4-5-14(12)16)10-13-3-2-7-15-13/h4-5,9,13,15H,2-3,6-8,10H2,1H3. The molecule has 0 spiro atoms. The van der Waals surface area contributed by atoms with Gasteiger partial charge in [-0.3, -0.25) is 0 Å². The third-order valence-electron chi connectivity index (χ3n) is 3.92. The maximum absolute atomic E-state index is 3.57. The maximum atomic E-state index is 3.57. The molecule has 16 heavy (non-hydrogen) atoms. The Morgan fingerprint density at radius 1 is 1.44 bits per heavy atom. The number of hydrogen-bond donors (Lipinski definition) is 1. The lowest BCUT2D eigenvalue weighted by Crippen LogP contribution is -2.23. The maximum Gasteiger partial charge on any atom is 0.0397 e. The van der Waals surface area contributed by atoms with E-state index in [4.69, 9.17) is 0 Å². The minimum absolute atomic E-state index is 0.720. The van der Waals surface area contributed by atoms with E-state index in [0.29, 0.717) is 0 Å². The molecule has 1 atom stereocenters. The number of nitrogens with one attached hydrogen (secondary N) is 1. The summed E-state index contributed by atoms with van der Waals surface area (Å²) in [5.74, 6) is 0. The Bertz CT molecular complexity index is 380. The molecule has 0 radical (unpaired) electrons. The first kappa shape index (κ1) is 10.2. The van der Waals surface area contributed by atoms with Crippen molar-refractivity contribution in [2.45, 2.75) is 31.7 Å². The molecule has 2 nitrogen and oxygen atoms in total. The minimum atomic E-state index is 0.720. The highest BCUT2D eigenvalue weighted by atomic mass is 15.1. The summed E-state index contributed by atoms with van der Waals surface area (Å²) in [6, 6.07) is 7.74. The number of fused-ring (bicyclic) bond motifs is 1. The SMILES string of the molecule is CN1CCc2cc(CC3CCCN3)ccc21. The quantitative estimate of drug-likeness (QED) is 0.813. The van der Waals surface area contributed by atoms with Crippen LogP contribution in [0.25, 0.3) is 0 Å². The predicted octanol–water partition coefficient (Wildman–Crippen LogP) is 1.97. The summed E-state index contributed by atoms with van der Waals surface area (Å²) < 4.78 is 0. The van der Waals surface area contributed by atoms with Gasteiger partial charge in [0.2, 0.25) is 0 Å². The van der Waals surface area contributed by atoms with Gasteiger partial charge in [-0.25, -0.2) is 0 Å². The summed E-state index contributed by atoms with van der Waals surface area (Å²) in [6.45, 7) is 2.39. The molecule has 86 valence electrons. The van der Waals surface area contributed by atoms with E-state index in [0.717, 1.165) is 6.04 Å². The van der Waals surface area contributed by atoms with Gasteiger partial charge in [-0.05, 0) is 49.4 Å². The summed E-state index contributed by atoms with van der Waals surface area (Å²) >= 11 is 0. The van der Waals surface area contributed by atoms with Crippen molar-refractivity contribution in [2.75, 3.05) is 25.0 Å². The van der Waals surface area contributed by atoms with E-state index in [1.807, 2.05) is 0 Å². The zero-order valence-electron chi connectivity index (χ0n) is 10.00. The second kappa shape index (κ2) is 4.10. The van der Waals surface area contributed by atoms with Gasteiger partial charge in [-0.2, -0.15) is 0 Å². The Hall–Kier alpha value is -1.02. The Morgan fingerprint density at radius 2 is 2.38 bits per heavy atom. The van der Waals surface area contributed by atoms with Gasteiger partial charge in [0.15, 0.2) is 0 Å². The fraction of sp³-hybridized carbons (Fsp3) is 0.571. The first-order valence-corrected chi connectivity index (χ1v) is 6.39. The molecule has 1 aromatic rings. The van der Waals surface area contributed by atoms with E-state index in [1.165, 1.54) is 55.6 Å². The Labute approximate surface area is 97.6 Å². The molecule has 2 aliphatic rings. The van der Waals surface area contributed by atoms with Crippen LogP contribution in [0.2, 0.25) is 0 Å². The second-order valence-corrected chi connectivity index (χ2v) is 5.13. The monoisotopic (exact) mass is 216 g/mol. The minimum Gasteiger partial charge on any atom is -0.374 e. The van der Waals surface area contributed by atoms with Crippen LogP contribution in [0.1, 0.15) is 24.0 Å². The van der Waals surface area contributed by atoms with Gasteiger partial charge in [0.05, 0.1) is 0 Å². The smallest absolute Gasteiger partial charge is 0.0397 e. The Balaban J connectivity index is 1.76. The van der Waals surface area contributed by atoms with Crippen molar-refractivity contribution >= 4 is 5.69 Å². The first-order valence-electron chi connectivity index (χ1n) is 6.39. The van der Waals surface area contributed by atoms with Crippen molar-refractivity contribution < 1.29 is 0 Å². The molecular formula is C14H20N2. The third-order valence-corrected chi connectivity index (χ3v) is 3.92. The molecule has 2 aliphatic heterocycles. The number of nitrogens with zero attached hydrogens (tertiary/aromatic N) is 1. The van der Waals surface area contributed by atoms with Gasteiger partial charge in [0.1, 0.15) is 0 Å². The number of likely N-dealkylation sites (N-methyl/N-ethyl adjacent to an activating group) is 1. The molecule has 0 saturated carbocycles. The van der Waals surface area contributed by atoms with E-state index in [9.17, 15) is 0 Å². The van der Waals surface area contributed by atoms with Crippen LogP contribution in [0.4, 0.5) is 5.69 Å². The molecule has 0 amide bonds. The summed E-state index contributed by atoms with van der Waals surface area (Å²) in [5.41, 5.74) is 4.48. The molecule has 1 unspecified atom stereocenters. The van der Waals surface area contributed by atoms with Crippen LogP contribution in [0.3, 0.4) is 0 Å². The first-order chi connectivity index (χ1) is 7.83. The molecule has 1 fully saturated rings. The molecule has 1 N–H and O–H groups in total. The van der Waals surface area contributed by atoms with Gasteiger partial charge in [-0.1, -0.05) is 12.1 Å². The Kier molecular flexibility index (Phi) is 2.60. The molecule has 1 saturated heterocycles. The number of anilines is 1. The van der Waals surface area contributed by atoms with Crippen molar-refractivity contribution in [1.29, 1.82) is 0 Å². The fourth-order valence-electron chi connectivity index (χ4n) is 2.96. The highest BCUT2D eigenvalue weighted by Gasteiger charge is 2.18. The van der Waals surface area contributed by atoms with Crippen molar-refractivity contribution in [2.24, 2.45) is 0 Å². The van der Waals surface area contributed by atoms with Crippen LogP contribution in [0, 0.1) is 0 Å². The number of hydrogen-bond acceptors (Lipinski definition) is 2. The predicted molar refractivity (Wildman–Crippen MR) is 68.1 cm³/mol. The molecule has 1 aromatic carbocycles. The summed E-state index contributed by atoms with van der Waals surface area (Å²) in [4.78, 5) is 2.35. The van der Waals surface area contributed by atoms with Crippen LogP contribution in [0.5, 0.6) is 0 Å². The van der Waals surface area contributed by atoms with Crippen LogP contribution >= 0.6 is 0 Å². The van der Waals surface area contributed by atoms with Crippen LogP contribution in [0.15, 0.2) is 18.2 Å². The van der Waals surface area contributed by atoms with Crippen LogP contribution in [-0.4, -0.2) is 26.2 Å². The van der Waals surface area contributed by atoms with E-state index in [-0.39, 0.29) is 0 Å². The zero-order valence-corrected chi connectivity index (χ0v) is 10.00. The van der Waals surface area contributed by atoms with E-state index >= 15 is 0 Å². The topological polar surface area (TPSA) is 15.3 Å². The van der Waals surface area contributed by atoms with Gasteiger partial charge < -0.3 is 10.2 Å². The summed E-state index contributed by atoms with van der Waals surface area (Å²) in [6.07, 6.45) is 5.12. The van der Waals surface area contributed by atoms with Gasteiger partial charge in [-0.15, -0.1) is 0 Å². The normalized spacial score (nSPS) is 23.8. The van der Waals surface area contributed by atoms with E-state index < -0.39 is 0 Å². The van der Waals surface area contributed by atoms with Gasteiger partial charge >= 0.3 is 0 Å². The van der Waals surface area contributed by atoms with E-state index in [1.54, 1.807) is 0 Å². The molecule has 2 heteroatoms. The zero-order chi connectivity index (χ0) is 11.0. The molecule has 0 aliphatic carbocycles. The lowest BCUT2D eigenvalue weighted by molar-refractivity contribution is 0.603. The lowest BCUT2D eigenvalue weighted by Gasteiger charge is -2.14. The molecule has 2 heterocycles. The average Bonchev–Trinajstić information content (AvgIpc) is 2.90. The van der Waals surface area contributed by atoms with Crippen LogP contribution < -0.4 is 10.2 Å². The van der Waals surface area contributed by atoms with Crippen molar-refractivity contribution in [1.82, 2.24) is 5.32 Å². The van der Waals surface area contributed by atoms with Gasteiger partial charge in [0.25, 0.3) is 0 Å². The molecule has 0 aromatic heterocycles.